The third kappa shape index (κ3) is 5.85. The van der Waals surface area contributed by atoms with E-state index < -0.39 is 12.1 Å². The highest BCUT2D eigenvalue weighted by atomic mass is 16.5. The molecule has 0 radical (unpaired) electrons. The van der Waals surface area contributed by atoms with Crippen molar-refractivity contribution in [2.24, 2.45) is 0 Å². The van der Waals surface area contributed by atoms with Crippen molar-refractivity contribution >= 4 is 11.9 Å². The van der Waals surface area contributed by atoms with Crippen LogP contribution in [0.5, 0.6) is 5.75 Å². The predicted molar refractivity (Wildman–Crippen MR) is 89.1 cm³/mol. The third-order valence-electron chi connectivity index (χ3n) is 3.92. The topological polar surface area (TPSA) is 76.1 Å². The summed E-state index contributed by atoms with van der Waals surface area (Å²) in [6.07, 6.45) is 1.57. The number of benzene rings is 1. The summed E-state index contributed by atoms with van der Waals surface area (Å²) in [6.45, 7) is 4.04. The molecule has 1 N–H and O–H groups in total. The molecular formula is C18H25NO5. The zero-order valence-corrected chi connectivity index (χ0v) is 14.1. The van der Waals surface area contributed by atoms with Crippen molar-refractivity contribution in [3.63, 3.8) is 0 Å². The fourth-order valence-corrected chi connectivity index (χ4v) is 2.65. The number of morpholine rings is 1. The fourth-order valence-electron chi connectivity index (χ4n) is 2.65. The highest BCUT2D eigenvalue weighted by Gasteiger charge is 2.25. The Bertz CT molecular complexity index is 543. The van der Waals surface area contributed by atoms with Crippen LogP contribution in [0.1, 0.15) is 31.7 Å². The molecule has 0 saturated carbocycles. The lowest BCUT2D eigenvalue weighted by atomic mass is 10.1. The summed E-state index contributed by atoms with van der Waals surface area (Å²) in [5.74, 6) is -0.0173. The first kappa shape index (κ1) is 18.3. The molecule has 1 aliphatic heterocycles. The molecule has 1 heterocycles. The minimum atomic E-state index is -0.903. The number of ether oxygens (including phenoxy) is 2. The van der Waals surface area contributed by atoms with Gasteiger partial charge in [0.2, 0.25) is 5.91 Å². The summed E-state index contributed by atoms with van der Waals surface area (Å²) in [6, 6.07) is 7.80. The maximum Gasteiger partial charge on any atom is 0.306 e. The molecule has 2 rings (SSSR count). The van der Waals surface area contributed by atoms with E-state index in [1.807, 2.05) is 24.3 Å². The lowest BCUT2D eigenvalue weighted by molar-refractivity contribution is -0.147. The van der Waals surface area contributed by atoms with Gasteiger partial charge in [-0.25, -0.2) is 0 Å². The average molecular weight is 335 g/mol. The molecule has 1 aliphatic rings. The van der Waals surface area contributed by atoms with E-state index in [1.165, 1.54) is 0 Å². The Morgan fingerprint density at radius 1 is 1.33 bits per heavy atom. The van der Waals surface area contributed by atoms with Crippen LogP contribution in [0.4, 0.5) is 0 Å². The second-order valence-corrected chi connectivity index (χ2v) is 5.92. The molecule has 1 aromatic carbocycles. The second-order valence-electron chi connectivity index (χ2n) is 5.92. The third-order valence-corrected chi connectivity index (χ3v) is 3.92. The van der Waals surface area contributed by atoms with Gasteiger partial charge in [-0.05, 0) is 30.5 Å². The standard InChI is InChI=1S/C18H25NO5/c1-2-10-23-15-6-3-14(4-7-15)5-8-17(20)19-9-11-24-16(13-19)12-18(21)22/h3-4,6-7,16H,2,5,8-13H2,1H3,(H,21,22). The number of carboxylic acid groups (broad SMARTS) is 1. The molecule has 24 heavy (non-hydrogen) atoms. The maximum atomic E-state index is 12.3. The van der Waals surface area contributed by atoms with Gasteiger partial charge < -0.3 is 19.5 Å². The number of carboxylic acids is 1. The largest absolute Gasteiger partial charge is 0.494 e. The van der Waals surface area contributed by atoms with Crippen molar-refractivity contribution in [2.45, 2.75) is 38.7 Å². The van der Waals surface area contributed by atoms with E-state index in [4.69, 9.17) is 14.6 Å². The van der Waals surface area contributed by atoms with E-state index in [-0.39, 0.29) is 12.3 Å². The van der Waals surface area contributed by atoms with Crippen molar-refractivity contribution in [2.75, 3.05) is 26.3 Å². The lowest BCUT2D eigenvalue weighted by Gasteiger charge is -2.32. The minimum Gasteiger partial charge on any atom is -0.494 e. The number of aliphatic carboxylic acids is 1. The van der Waals surface area contributed by atoms with Crippen LogP contribution in [0.15, 0.2) is 24.3 Å². The van der Waals surface area contributed by atoms with Crippen LogP contribution in [-0.4, -0.2) is 54.3 Å². The molecule has 0 spiro atoms. The first-order valence-corrected chi connectivity index (χ1v) is 8.41. The minimum absolute atomic E-state index is 0.0417. The molecule has 1 unspecified atom stereocenters. The summed E-state index contributed by atoms with van der Waals surface area (Å²) in [7, 11) is 0. The normalized spacial score (nSPS) is 17.5. The first-order valence-electron chi connectivity index (χ1n) is 8.41. The Hall–Kier alpha value is -2.08. The zero-order valence-electron chi connectivity index (χ0n) is 14.1. The van der Waals surface area contributed by atoms with E-state index in [2.05, 4.69) is 6.92 Å². The Kier molecular flexibility index (Phi) is 7.06. The number of carbonyl (C=O) groups is 2. The first-order chi connectivity index (χ1) is 11.6. The second kappa shape index (κ2) is 9.27. The van der Waals surface area contributed by atoms with Crippen LogP contribution in [0, 0.1) is 0 Å². The molecule has 0 bridgehead atoms. The van der Waals surface area contributed by atoms with Crippen LogP contribution < -0.4 is 4.74 Å². The Morgan fingerprint density at radius 2 is 2.08 bits per heavy atom. The maximum absolute atomic E-state index is 12.3. The SMILES string of the molecule is CCCOc1ccc(CCC(=O)N2CCOC(CC(=O)O)C2)cc1. The molecule has 1 saturated heterocycles. The van der Waals surface area contributed by atoms with Gasteiger partial charge in [-0.1, -0.05) is 19.1 Å². The summed E-state index contributed by atoms with van der Waals surface area (Å²) >= 11 is 0. The average Bonchev–Trinajstić information content (AvgIpc) is 2.58. The van der Waals surface area contributed by atoms with Crippen molar-refractivity contribution in [1.29, 1.82) is 0 Å². The number of carbonyl (C=O) groups excluding carboxylic acids is 1. The lowest BCUT2D eigenvalue weighted by Crippen LogP contribution is -2.46. The van der Waals surface area contributed by atoms with Crippen molar-refractivity contribution in [3.05, 3.63) is 29.8 Å². The fraction of sp³-hybridized carbons (Fsp3) is 0.556. The Labute approximate surface area is 142 Å². The van der Waals surface area contributed by atoms with Crippen LogP contribution in [0.2, 0.25) is 0 Å². The molecule has 0 aliphatic carbocycles. The molecular weight excluding hydrogens is 310 g/mol. The highest BCUT2D eigenvalue weighted by Crippen LogP contribution is 2.15. The number of amides is 1. The van der Waals surface area contributed by atoms with E-state index >= 15 is 0 Å². The van der Waals surface area contributed by atoms with E-state index in [1.54, 1.807) is 4.90 Å². The Morgan fingerprint density at radius 3 is 2.75 bits per heavy atom. The number of aryl methyl sites for hydroxylation is 1. The van der Waals surface area contributed by atoms with Gasteiger partial charge in [-0.15, -0.1) is 0 Å². The zero-order chi connectivity index (χ0) is 17.4. The van der Waals surface area contributed by atoms with Crippen LogP contribution >= 0.6 is 0 Å². The Balaban J connectivity index is 1.78. The van der Waals surface area contributed by atoms with Gasteiger partial charge in [0.25, 0.3) is 0 Å². The molecule has 1 amide bonds. The quantitative estimate of drug-likeness (QED) is 0.787. The molecule has 1 aromatic rings. The van der Waals surface area contributed by atoms with Crippen LogP contribution in [0.25, 0.3) is 0 Å². The number of rotatable bonds is 8. The molecule has 1 fully saturated rings. The van der Waals surface area contributed by atoms with Crippen molar-refractivity contribution in [1.82, 2.24) is 4.90 Å². The summed E-state index contributed by atoms with van der Waals surface area (Å²) < 4.78 is 10.9. The highest BCUT2D eigenvalue weighted by molar-refractivity contribution is 5.76. The van der Waals surface area contributed by atoms with E-state index in [0.29, 0.717) is 39.1 Å². The van der Waals surface area contributed by atoms with Gasteiger partial charge in [-0.2, -0.15) is 0 Å². The van der Waals surface area contributed by atoms with Crippen LogP contribution in [-0.2, 0) is 20.7 Å². The van der Waals surface area contributed by atoms with Gasteiger partial charge in [0, 0.05) is 19.5 Å². The van der Waals surface area contributed by atoms with Gasteiger partial charge in [0.15, 0.2) is 0 Å². The number of nitrogens with zero attached hydrogens (tertiary/aromatic N) is 1. The predicted octanol–water partition coefficient (Wildman–Crippen LogP) is 2.11. The van der Waals surface area contributed by atoms with Gasteiger partial charge >= 0.3 is 5.97 Å². The summed E-state index contributed by atoms with van der Waals surface area (Å²) in [5.41, 5.74) is 1.09. The summed E-state index contributed by atoms with van der Waals surface area (Å²) in [5, 5.41) is 8.83. The molecule has 132 valence electrons. The summed E-state index contributed by atoms with van der Waals surface area (Å²) in [4.78, 5) is 24.8. The van der Waals surface area contributed by atoms with Crippen LogP contribution in [0.3, 0.4) is 0 Å². The van der Waals surface area contributed by atoms with E-state index in [9.17, 15) is 9.59 Å². The smallest absolute Gasteiger partial charge is 0.306 e. The molecule has 6 nitrogen and oxygen atoms in total. The van der Waals surface area contributed by atoms with E-state index in [0.717, 1.165) is 17.7 Å². The van der Waals surface area contributed by atoms with Crippen molar-refractivity contribution in [3.8, 4) is 5.75 Å². The molecule has 6 heteroatoms. The monoisotopic (exact) mass is 335 g/mol. The molecule has 0 aromatic heterocycles. The number of hydrogen-bond donors (Lipinski definition) is 1. The number of hydrogen-bond acceptors (Lipinski definition) is 4. The molecule has 1 atom stereocenters. The van der Waals surface area contributed by atoms with Gasteiger partial charge in [0.1, 0.15) is 5.75 Å². The van der Waals surface area contributed by atoms with Gasteiger partial charge in [-0.3, -0.25) is 9.59 Å². The van der Waals surface area contributed by atoms with Gasteiger partial charge in [0.05, 0.1) is 25.7 Å². The van der Waals surface area contributed by atoms with Crippen molar-refractivity contribution < 1.29 is 24.2 Å².